The fraction of sp³-hybridized carbons (Fsp3) is 0.308. The first-order valence-electron chi connectivity index (χ1n) is 6.06. The number of nitrogens with one attached hydrogen (secondary N) is 1. The summed E-state index contributed by atoms with van der Waals surface area (Å²) in [6.07, 6.45) is 0.390. The van der Waals surface area contributed by atoms with E-state index in [1.54, 1.807) is 7.05 Å². The zero-order chi connectivity index (χ0) is 13.8. The van der Waals surface area contributed by atoms with Crippen LogP contribution in [0, 0.1) is 0 Å². The molecule has 0 bridgehead atoms. The number of carbonyl (C=O) groups is 1. The van der Waals surface area contributed by atoms with Crippen LogP contribution < -0.4 is 16.0 Å². The molecule has 0 atom stereocenters. The van der Waals surface area contributed by atoms with Gasteiger partial charge in [-0.25, -0.2) is 9.97 Å². The second-order valence-electron chi connectivity index (χ2n) is 4.27. The van der Waals surface area contributed by atoms with E-state index in [1.807, 2.05) is 36.2 Å². The molecule has 0 aliphatic rings. The first-order chi connectivity index (χ1) is 9.11. The highest BCUT2D eigenvalue weighted by molar-refractivity contribution is 5.80. The number of benzene rings is 1. The maximum absolute atomic E-state index is 11.2. The van der Waals surface area contributed by atoms with Crippen molar-refractivity contribution in [3.8, 4) is 0 Å². The number of nitrogen functional groups attached to an aromatic ring is 1. The number of aromatic nitrogens is 2. The number of nitrogens with two attached hydrogens (primary N) is 1. The molecule has 0 radical (unpaired) electrons. The topological polar surface area (TPSA) is 84.1 Å². The van der Waals surface area contributed by atoms with Crippen LogP contribution >= 0.6 is 0 Å². The van der Waals surface area contributed by atoms with E-state index in [0.29, 0.717) is 24.6 Å². The highest BCUT2D eigenvalue weighted by Crippen LogP contribution is 2.21. The summed E-state index contributed by atoms with van der Waals surface area (Å²) in [5.74, 6) is 0.958. The smallest absolute Gasteiger partial charge is 0.221 e. The molecule has 0 saturated heterocycles. The summed E-state index contributed by atoms with van der Waals surface area (Å²) in [6.45, 7) is 0.539. The van der Waals surface area contributed by atoms with Gasteiger partial charge in [-0.1, -0.05) is 12.1 Å². The first-order valence-corrected chi connectivity index (χ1v) is 6.06. The van der Waals surface area contributed by atoms with E-state index < -0.39 is 0 Å². The minimum Gasteiger partial charge on any atom is -0.381 e. The van der Waals surface area contributed by atoms with Crippen LogP contribution in [-0.4, -0.2) is 36.5 Å². The average molecular weight is 259 g/mol. The summed E-state index contributed by atoms with van der Waals surface area (Å²) >= 11 is 0. The zero-order valence-corrected chi connectivity index (χ0v) is 11.1. The molecule has 2 rings (SSSR count). The molecule has 100 valence electrons. The summed E-state index contributed by atoms with van der Waals surface area (Å²) in [6, 6.07) is 7.55. The number of amides is 1. The summed E-state index contributed by atoms with van der Waals surface area (Å²) in [7, 11) is 3.46. The number of nitrogens with zero attached hydrogens (tertiary/aromatic N) is 3. The van der Waals surface area contributed by atoms with Crippen molar-refractivity contribution < 1.29 is 4.79 Å². The predicted octanol–water partition coefficient (Wildman–Crippen LogP) is 0.784. The van der Waals surface area contributed by atoms with Gasteiger partial charge in [0.15, 0.2) is 11.6 Å². The van der Waals surface area contributed by atoms with Crippen molar-refractivity contribution in [2.45, 2.75) is 6.42 Å². The lowest BCUT2D eigenvalue weighted by atomic mass is 10.3. The molecule has 0 saturated carbocycles. The second-order valence-corrected chi connectivity index (χ2v) is 4.27. The first kappa shape index (κ1) is 13.1. The van der Waals surface area contributed by atoms with Crippen LogP contribution in [0.5, 0.6) is 0 Å². The Kier molecular flexibility index (Phi) is 3.79. The van der Waals surface area contributed by atoms with E-state index in [0.717, 1.165) is 11.0 Å². The summed E-state index contributed by atoms with van der Waals surface area (Å²) in [5, 5.41) is 2.58. The van der Waals surface area contributed by atoms with Gasteiger partial charge in [0.05, 0.1) is 11.0 Å². The Bertz CT molecular complexity index is 599. The molecule has 1 amide bonds. The van der Waals surface area contributed by atoms with Crippen molar-refractivity contribution in [3.05, 3.63) is 24.3 Å². The molecule has 1 heterocycles. The van der Waals surface area contributed by atoms with Crippen molar-refractivity contribution in [3.63, 3.8) is 0 Å². The van der Waals surface area contributed by atoms with Gasteiger partial charge in [-0.3, -0.25) is 4.79 Å². The lowest BCUT2D eigenvalue weighted by molar-refractivity contribution is -0.120. The van der Waals surface area contributed by atoms with Gasteiger partial charge in [0.2, 0.25) is 5.91 Å². The minimum absolute atomic E-state index is 0.0147. The third-order valence-corrected chi connectivity index (χ3v) is 2.89. The molecule has 0 unspecified atom stereocenters. The Morgan fingerprint density at radius 3 is 2.58 bits per heavy atom. The number of fused-ring (bicyclic) bond motifs is 1. The van der Waals surface area contributed by atoms with E-state index in [9.17, 15) is 4.79 Å². The van der Waals surface area contributed by atoms with Crippen LogP contribution in [0.25, 0.3) is 11.0 Å². The Morgan fingerprint density at radius 2 is 1.95 bits per heavy atom. The number of rotatable bonds is 4. The molecule has 1 aromatic heterocycles. The maximum atomic E-state index is 11.2. The van der Waals surface area contributed by atoms with Crippen LogP contribution in [-0.2, 0) is 4.79 Å². The highest BCUT2D eigenvalue weighted by atomic mass is 16.1. The second kappa shape index (κ2) is 5.51. The summed E-state index contributed by atoms with van der Waals surface area (Å²) in [4.78, 5) is 21.9. The van der Waals surface area contributed by atoms with Gasteiger partial charge in [0.25, 0.3) is 0 Å². The fourth-order valence-corrected chi connectivity index (χ4v) is 1.79. The van der Waals surface area contributed by atoms with Crippen LogP contribution in [0.1, 0.15) is 6.42 Å². The van der Waals surface area contributed by atoms with E-state index >= 15 is 0 Å². The average Bonchev–Trinajstić information content (AvgIpc) is 2.43. The van der Waals surface area contributed by atoms with Gasteiger partial charge in [0.1, 0.15) is 0 Å². The lowest BCUT2D eigenvalue weighted by Gasteiger charge is -2.19. The van der Waals surface area contributed by atoms with Crippen LogP contribution in [0.2, 0.25) is 0 Å². The standard InChI is InChI=1S/C13H17N5O/c1-15-11(19)7-8-18(2)13-12(14)16-9-5-3-4-6-10(9)17-13/h3-6H,7-8H2,1-2H3,(H2,14,16)(H,15,19). The molecule has 0 fully saturated rings. The molecule has 3 N–H and O–H groups in total. The van der Waals surface area contributed by atoms with Crippen molar-refractivity contribution in [1.82, 2.24) is 15.3 Å². The largest absolute Gasteiger partial charge is 0.381 e. The van der Waals surface area contributed by atoms with Crippen LogP contribution in [0.3, 0.4) is 0 Å². The normalized spacial score (nSPS) is 10.4. The molecule has 0 spiro atoms. The van der Waals surface area contributed by atoms with E-state index in [2.05, 4.69) is 15.3 Å². The Balaban J connectivity index is 2.23. The number of hydrogen-bond donors (Lipinski definition) is 2. The number of para-hydroxylation sites is 2. The SMILES string of the molecule is CNC(=O)CCN(C)c1nc2ccccc2nc1N. The highest BCUT2D eigenvalue weighted by Gasteiger charge is 2.11. The maximum Gasteiger partial charge on any atom is 0.221 e. The minimum atomic E-state index is -0.0147. The number of hydrogen-bond acceptors (Lipinski definition) is 5. The monoisotopic (exact) mass is 259 g/mol. The lowest BCUT2D eigenvalue weighted by Crippen LogP contribution is -2.27. The van der Waals surface area contributed by atoms with Gasteiger partial charge < -0.3 is 16.0 Å². The molecule has 2 aromatic rings. The quantitative estimate of drug-likeness (QED) is 0.847. The van der Waals surface area contributed by atoms with Gasteiger partial charge in [-0.2, -0.15) is 0 Å². The van der Waals surface area contributed by atoms with Gasteiger partial charge in [-0.05, 0) is 12.1 Å². The van der Waals surface area contributed by atoms with Crippen LogP contribution in [0.15, 0.2) is 24.3 Å². The molecule has 19 heavy (non-hydrogen) atoms. The Morgan fingerprint density at radius 1 is 1.32 bits per heavy atom. The number of anilines is 2. The predicted molar refractivity (Wildman–Crippen MR) is 75.9 cm³/mol. The van der Waals surface area contributed by atoms with Gasteiger partial charge in [-0.15, -0.1) is 0 Å². The molecular weight excluding hydrogens is 242 g/mol. The van der Waals surface area contributed by atoms with Crippen molar-refractivity contribution >= 4 is 28.6 Å². The molecular formula is C13H17N5O. The molecule has 6 heteroatoms. The number of carbonyl (C=O) groups excluding carboxylic acids is 1. The van der Waals surface area contributed by atoms with Gasteiger partial charge >= 0.3 is 0 Å². The van der Waals surface area contributed by atoms with E-state index in [-0.39, 0.29) is 5.91 Å². The van der Waals surface area contributed by atoms with Crippen molar-refractivity contribution in [2.24, 2.45) is 0 Å². The van der Waals surface area contributed by atoms with Crippen LogP contribution in [0.4, 0.5) is 11.6 Å². The summed E-state index contributed by atoms with van der Waals surface area (Å²) in [5.41, 5.74) is 7.47. The molecule has 6 nitrogen and oxygen atoms in total. The third kappa shape index (κ3) is 2.90. The van der Waals surface area contributed by atoms with Crippen molar-refractivity contribution in [2.75, 3.05) is 31.3 Å². The fourth-order valence-electron chi connectivity index (χ4n) is 1.79. The third-order valence-electron chi connectivity index (χ3n) is 2.89. The van der Waals surface area contributed by atoms with E-state index in [4.69, 9.17) is 5.73 Å². The Labute approximate surface area is 111 Å². The summed E-state index contributed by atoms with van der Waals surface area (Å²) < 4.78 is 0. The Hall–Kier alpha value is -2.37. The van der Waals surface area contributed by atoms with Crippen molar-refractivity contribution in [1.29, 1.82) is 0 Å². The zero-order valence-electron chi connectivity index (χ0n) is 11.1. The molecule has 1 aromatic carbocycles. The molecule has 0 aliphatic heterocycles. The van der Waals surface area contributed by atoms with E-state index in [1.165, 1.54) is 0 Å². The van der Waals surface area contributed by atoms with Gasteiger partial charge in [0, 0.05) is 27.1 Å². The molecule has 0 aliphatic carbocycles.